The monoisotopic (exact) mass is 511 g/mol. The van der Waals surface area contributed by atoms with Gasteiger partial charge in [-0.2, -0.15) is 5.26 Å². The van der Waals surface area contributed by atoms with Crippen LogP contribution in [0.15, 0.2) is 42.4 Å². The van der Waals surface area contributed by atoms with E-state index in [9.17, 15) is 9.65 Å². The minimum atomic E-state index is -0.662. The van der Waals surface area contributed by atoms with Gasteiger partial charge in [0.25, 0.3) is 0 Å². The van der Waals surface area contributed by atoms with Crippen molar-refractivity contribution in [2.24, 2.45) is 5.41 Å². The summed E-state index contributed by atoms with van der Waals surface area (Å²) in [6, 6.07) is 9.27. The Morgan fingerprint density at radius 1 is 1.32 bits per heavy atom. The number of nitriles is 1. The van der Waals surface area contributed by atoms with Gasteiger partial charge in [-0.25, -0.2) is 4.39 Å². The molecule has 0 bridgehead atoms. The van der Waals surface area contributed by atoms with Crippen LogP contribution in [0.2, 0.25) is 0 Å². The Bertz CT molecular complexity index is 1430. The molecule has 0 spiro atoms. The predicted octanol–water partition coefficient (Wildman–Crippen LogP) is 1.54. The summed E-state index contributed by atoms with van der Waals surface area (Å²) in [5, 5.41) is 20.5. The highest BCUT2D eigenvalue weighted by Gasteiger charge is 2.37. The molecule has 0 unspecified atom stereocenters. The fourth-order valence-electron chi connectivity index (χ4n) is 4.35. The number of benzene rings is 1. The molecule has 38 heavy (non-hydrogen) atoms. The number of terminal acetylenes is 1. The number of pyridine rings is 1. The van der Waals surface area contributed by atoms with Crippen molar-refractivity contribution in [2.45, 2.75) is 52.0 Å². The van der Waals surface area contributed by atoms with Crippen molar-refractivity contribution in [3.05, 3.63) is 69.9 Å². The molecule has 1 aromatic carbocycles. The van der Waals surface area contributed by atoms with Crippen LogP contribution in [0.25, 0.3) is 11.6 Å². The van der Waals surface area contributed by atoms with Crippen LogP contribution >= 0.6 is 0 Å². The van der Waals surface area contributed by atoms with Crippen molar-refractivity contribution in [1.82, 2.24) is 26.3 Å². The number of hydrazine groups is 2. The van der Waals surface area contributed by atoms with E-state index in [1.165, 1.54) is 12.1 Å². The van der Waals surface area contributed by atoms with Crippen LogP contribution in [0.3, 0.4) is 0 Å². The maximum absolute atomic E-state index is 13.8. The standard InChI is InChI=1S/C29H35BFN7/c1-6-19(2)26-24(27(20(15-32)16-33-26)34-18-28(3,4)5)13-14-35-29(30,21-7-9-22(31)10-8-21)25-17-38(37-36-25)23-11-12-23/h1,7-10,13,16-17,23,34-37H,11-12,14,18,30H2,2-5H3/b24-13+,26-19+/t29-/m0/s1. The first-order valence-corrected chi connectivity index (χ1v) is 12.9. The van der Waals surface area contributed by atoms with Gasteiger partial charge >= 0.3 is 0 Å². The van der Waals surface area contributed by atoms with Crippen molar-refractivity contribution in [2.75, 3.05) is 18.4 Å². The predicted molar refractivity (Wildman–Crippen MR) is 152 cm³/mol. The molecule has 4 rings (SSSR count). The smallest absolute Gasteiger partial charge is 0.141 e. The lowest BCUT2D eigenvalue weighted by Gasteiger charge is -2.32. The second-order valence-electron chi connectivity index (χ2n) is 11.2. The van der Waals surface area contributed by atoms with Gasteiger partial charge in [0.2, 0.25) is 0 Å². The molecule has 4 N–H and O–H groups in total. The van der Waals surface area contributed by atoms with Crippen LogP contribution in [-0.2, 0) is 5.44 Å². The van der Waals surface area contributed by atoms with E-state index >= 15 is 0 Å². The average Bonchev–Trinajstić information content (AvgIpc) is 3.62. The normalized spacial score (nSPS) is 18.1. The summed E-state index contributed by atoms with van der Waals surface area (Å²) in [6.07, 6.45) is 13.7. The van der Waals surface area contributed by atoms with Gasteiger partial charge in [-0.15, -0.1) is 12.0 Å². The maximum atomic E-state index is 13.8. The van der Waals surface area contributed by atoms with E-state index < -0.39 is 5.44 Å². The summed E-state index contributed by atoms with van der Waals surface area (Å²) in [6.45, 7) is 9.35. The molecule has 1 aromatic heterocycles. The van der Waals surface area contributed by atoms with E-state index in [4.69, 9.17) is 6.42 Å². The summed E-state index contributed by atoms with van der Waals surface area (Å²) in [4.78, 5) is 4.54. The molecule has 196 valence electrons. The molecule has 2 heterocycles. The summed E-state index contributed by atoms with van der Waals surface area (Å²) in [7, 11) is 2.06. The second kappa shape index (κ2) is 10.9. The molecule has 1 aliphatic carbocycles. The highest BCUT2D eigenvalue weighted by Crippen LogP contribution is 2.31. The molecule has 9 heteroatoms. The second-order valence-corrected chi connectivity index (χ2v) is 11.2. The average molecular weight is 511 g/mol. The van der Waals surface area contributed by atoms with E-state index in [0.29, 0.717) is 41.3 Å². The number of nitrogens with zero attached hydrogens (tertiary/aromatic N) is 3. The maximum Gasteiger partial charge on any atom is 0.141 e. The zero-order chi connectivity index (χ0) is 27.5. The molecular formula is C29H35BFN7. The van der Waals surface area contributed by atoms with E-state index in [2.05, 4.69) is 78.4 Å². The third kappa shape index (κ3) is 6.02. The van der Waals surface area contributed by atoms with Crippen LogP contribution < -0.4 is 32.2 Å². The summed E-state index contributed by atoms with van der Waals surface area (Å²) < 4.78 is 13.8. The number of aromatic nitrogens is 1. The fourth-order valence-corrected chi connectivity index (χ4v) is 4.35. The zero-order valence-electron chi connectivity index (χ0n) is 22.7. The van der Waals surface area contributed by atoms with Crippen LogP contribution in [0, 0.1) is 34.9 Å². The molecule has 2 aromatic rings. The molecule has 2 aliphatic rings. The SMILES string of the molecule is B[C@@](NC/C=c1/c(NCC(C)(C)C)c(C#N)cn/c1=C(\C)C#C)(C1=CN(C2CC2)NN1)c1ccc(F)cc1. The number of halogens is 1. The molecule has 1 atom stereocenters. The van der Waals surface area contributed by atoms with Crippen molar-refractivity contribution >= 4 is 25.2 Å². The van der Waals surface area contributed by atoms with Crippen molar-refractivity contribution in [1.29, 1.82) is 5.26 Å². The molecule has 0 radical (unpaired) electrons. The molecule has 0 saturated heterocycles. The first kappa shape index (κ1) is 27.3. The highest BCUT2D eigenvalue weighted by molar-refractivity contribution is 6.17. The van der Waals surface area contributed by atoms with Crippen LogP contribution in [-0.4, -0.2) is 37.0 Å². The first-order chi connectivity index (χ1) is 18.1. The zero-order valence-corrected chi connectivity index (χ0v) is 22.7. The number of nitrogens with one attached hydrogen (secondary N) is 4. The van der Waals surface area contributed by atoms with Gasteiger partial charge in [0.05, 0.1) is 27.7 Å². The Morgan fingerprint density at radius 2 is 2.03 bits per heavy atom. The first-order valence-electron chi connectivity index (χ1n) is 12.9. The molecule has 1 fully saturated rings. The molecule has 1 saturated carbocycles. The van der Waals surface area contributed by atoms with Crippen LogP contribution in [0.4, 0.5) is 10.1 Å². The number of rotatable bonds is 8. The van der Waals surface area contributed by atoms with E-state index in [-0.39, 0.29) is 11.2 Å². The Labute approximate surface area is 225 Å². The topological polar surface area (TPSA) is 88.0 Å². The van der Waals surface area contributed by atoms with Crippen molar-refractivity contribution in [3.8, 4) is 18.4 Å². The molecule has 1 aliphatic heterocycles. The largest absolute Gasteiger partial charge is 0.383 e. The third-order valence-corrected chi connectivity index (χ3v) is 6.85. The van der Waals surface area contributed by atoms with E-state index in [1.54, 1.807) is 18.3 Å². The summed E-state index contributed by atoms with van der Waals surface area (Å²) in [5.74, 6) is 2.41. The quantitative estimate of drug-likeness (QED) is 0.316. The lowest BCUT2D eigenvalue weighted by molar-refractivity contribution is 0.259. The van der Waals surface area contributed by atoms with Crippen molar-refractivity contribution in [3.63, 3.8) is 0 Å². The summed E-state index contributed by atoms with van der Waals surface area (Å²) in [5.41, 5.74) is 9.57. The minimum Gasteiger partial charge on any atom is -0.383 e. The fraction of sp³-hybridized carbons (Fsp3) is 0.379. The van der Waals surface area contributed by atoms with Gasteiger partial charge in [0.1, 0.15) is 19.7 Å². The Kier molecular flexibility index (Phi) is 7.82. The number of hydrogen-bond donors (Lipinski definition) is 4. The molecular weight excluding hydrogens is 476 g/mol. The lowest BCUT2D eigenvalue weighted by Crippen LogP contribution is -2.50. The van der Waals surface area contributed by atoms with Gasteiger partial charge in [0, 0.05) is 42.3 Å². The summed E-state index contributed by atoms with van der Waals surface area (Å²) >= 11 is 0. The lowest BCUT2D eigenvalue weighted by atomic mass is 9.69. The van der Waals surface area contributed by atoms with Gasteiger partial charge in [-0.1, -0.05) is 44.9 Å². The van der Waals surface area contributed by atoms with Gasteiger partial charge < -0.3 is 16.1 Å². The highest BCUT2D eigenvalue weighted by atomic mass is 19.1. The Morgan fingerprint density at radius 3 is 2.63 bits per heavy atom. The molecule has 0 amide bonds. The third-order valence-electron chi connectivity index (χ3n) is 6.85. The van der Waals surface area contributed by atoms with E-state index in [1.807, 2.05) is 13.0 Å². The van der Waals surface area contributed by atoms with Crippen LogP contribution in [0.5, 0.6) is 0 Å². The van der Waals surface area contributed by atoms with Crippen molar-refractivity contribution < 1.29 is 4.39 Å². The Hall–Kier alpha value is -3.79. The van der Waals surface area contributed by atoms with Gasteiger partial charge in [0.15, 0.2) is 0 Å². The number of hydrogen-bond acceptors (Lipinski definition) is 7. The van der Waals surface area contributed by atoms with E-state index in [0.717, 1.165) is 29.3 Å². The Balaban J connectivity index is 1.76. The molecule has 7 nitrogen and oxygen atoms in total. The van der Waals surface area contributed by atoms with Gasteiger partial charge in [-0.3, -0.25) is 9.99 Å². The number of anilines is 1. The van der Waals surface area contributed by atoms with Gasteiger partial charge in [-0.05, 0) is 42.9 Å². The minimum absolute atomic E-state index is 0.00123. The van der Waals surface area contributed by atoms with Crippen LogP contribution in [0.1, 0.15) is 51.7 Å².